The Bertz CT molecular complexity index is 746. The minimum absolute atomic E-state index is 0.0783. The maximum absolute atomic E-state index is 12.6. The number of halogens is 2. The zero-order valence-corrected chi connectivity index (χ0v) is 15.1. The molecule has 0 amide bonds. The molecule has 1 saturated carbocycles. The van der Waals surface area contributed by atoms with Crippen molar-refractivity contribution in [3.8, 4) is 5.75 Å². The summed E-state index contributed by atoms with van der Waals surface area (Å²) >= 11 is 13.8. The van der Waals surface area contributed by atoms with Crippen molar-refractivity contribution in [2.45, 2.75) is 31.4 Å². The van der Waals surface area contributed by atoms with E-state index in [1.807, 2.05) is 6.26 Å². The Kier molecular flexibility index (Phi) is 4.99. The molecule has 1 aromatic rings. The molecule has 1 aromatic carbocycles. The van der Waals surface area contributed by atoms with Gasteiger partial charge in [0.15, 0.2) is 11.9 Å². The standard InChI is InChI=1S/C16H15Cl2NO4S/c1-24-12(19-8-2-3-8)6-10(20)9-4-7-5-11(16(21)22)23-15(7)14(18)13(9)17/h4,6,8,11,19H,2-3,5H2,1H3,(H,21,22). The first-order chi connectivity index (χ1) is 11.4. The monoisotopic (exact) mass is 387 g/mol. The molecule has 0 bridgehead atoms. The fraction of sp³-hybridized carbons (Fsp3) is 0.375. The molecule has 2 N–H and O–H groups in total. The van der Waals surface area contributed by atoms with Gasteiger partial charge in [0, 0.05) is 29.7 Å². The molecule has 0 aromatic heterocycles. The van der Waals surface area contributed by atoms with Crippen LogP contribution in [0.1, 0.15) is 28.8 Å². The average Bonchev–Trinajstić information content (AvgIpc) is 3.25. The molecule has 1 atom stereocenters. The summed E-state index contributed by atoms with van der Waals surface area (Å²) in [4.78, 5) is 23.7. The highest BCUT2D eigenvalue weighted by atomic mass is 35.5. The summed E-state index contributed by atoms with van der Waals surface area (Å²) in [6.45, 7) is 0. The van der Waals surface area contributed by atoms with Gasteiger partial charge < -0.3 is 15.2 Å². The molecule has 0 radical (unpaired) electrons. The number of carboxylic acids is 1. The Morgan fingerprint density at radius 3 is 2.67 bits per heavy atom. The second-order valence-corrected chi connectivity index (χ2v) is 7.29. The minimum Gasteiger partial charge on any atom is -0.478 e. The molecule has 1 fully saturated rings. The largest absolute Gasteiger partial charge is 0.478 e. The zero-order valence-electron chi connectivity index (χ0n) is 12.8. The molecule has 5 nitrogen and oxygen atoms in total. The predicted octanol–water partition coefficient (Wildman–Crippen LogP) is 3.52. The second-order valence-electron chi connectivity index (χ2n) is 5.68. The Morgan fingerprint density at radius 2 is 2.08 bits per heavy atom. The third-order valence-corrected chi connectivity index (χ3v) is 5.38. The maximum Gasteiger partial charge on any atom is 0.345 e. The fourth-order valence-corrected chi connectivity index (χ4v) is 3.44. The molecular weight excluding hydrogens is 373 g/mol. The highest BCUT2D eigenvalue weighted by Gasteiger charge is 2.33. The maximum atomic E-state index is 12.6. The van der Waals surface area contributed by atoms with Crippen LogP contribution in [0.2, 0.25) is 10.0 Å². The van der Waals surface area contributed by atoms with Gasteiger partial charge in [0.25, 0.3) is 0 Å². The number of allylic oxidation sites excluding steroid dienone is 1. The Labute approximate surface area is 153 Å². The van der Waals surface area contributed by atoms with E-state index in [1.54, 1.807) is 6.07 Å². The predicted molar refractivity (Wildman–Crippen MR) is 94.3 cm³/mol. The molecule has 24 heavy (non-hydrogen) atoms. The van der Waals surface area contributed by atoms with Gasteiger partial charge in [0.2, 0.25) is 0 Å². The van der Waals surface area contributed by atoms with Gasteiger partial charge in [-0.1, -0.05) is 23.2 Å². The van der Waals surface area contributed by atoms with Crippen LogP contribution in [0, 0.1) is 0 Å². The van der Waals surface area contributed by atoms with Crippen molar-refractivity contribution in [1.29, 1.82) is 0 Å². The van der Waals surface area contributed by atoms with Crippen LogP contribution < -0.4 is 10.1 Å². The van der Waals surface area contributed by atoms with Gasteiger partial charge in [-0.25, -0.2) is 4.79 Å². The summed E-state index contributed by atoms with van der Waals surface area (Å²) < 4.78 is 5.32. The molecule has 0 spiro atoms. The smallest absolute Gasteiger partial charge is 0.345 e. The molecule has 8 heteroatoms. The molecule has 1 aliphatic carbocycles. The van der Waals surface area contributed by atoms with Gasteiger partial charge in [0.05, 0.1) is 10.1 Å². The first kappa shape index (κ1) is 17.5. The number of nitrogens with one attached hydrogen (secondary N) is 1. The van der Waals surface area contributed by atoms with E-state index in [2.05, 4.69) is 5.32 Å². The number of carbonyl (C=O) groups is 2. The number of carbonyl (C=O) groups excluding carboxylic acids is 1. The number of thioether (sulfide) groups is 1. The van der Waals surface area contributed by atoms with E-state index in [-0.39, 0.29) is 33.6 Å². The molecule has 2 aliphatic rings. The Hall–Kier alpha value is -1.37. The molecule has 3 rings (SSSR count). The van der Waals surface area contributed by atoms with Gasteiger partial charge in [-0.2, -0.15) is 0 Å². The third kappa shape index (κ3) is 3.50. The average molecular weight is 388 g/mol. The topological polar surface area (TPSA) is 75.6 Å². The normalized spacial score (nSPS) is 19.6. The van der Waals surface area contributed by atoms with Crippen LogP contribution in [0.15, 0.2) is 17.2 Å². The number of fused-ring (bicyclic) bond motifs is 1. The van der Waals surface area contributed by atoms with Crippen LogP contribution in [-0.4, -0.2) is 35.3 Å². The number of ketones is 1. The third-order valence-electron chi connectivity index (χ3n) is 3.85. The number of carboxylic acid groups (broad SMARTS) is 1. The first-order valence-corrected chi connectivity index (χ1v) is 9.35. The number of hydrogen-bond donors (Lipinski definition) is 2. The van der Waals surface area contributed by atoms with Crippen LogP contribution in [0.5, 0.6) is 5.75 Å². The summed E-state index contributed by atoms with van der Waals surface area (Å²) in [5.41, 5.74) is 0.827. The summed E-state index contributed by atoms with van der Waals surface area (Å²) in [6.07, 6.45) is 4.74. The SMILES string of the molecule is CSC(=CC(=O)c1cc2c(c(Cl)c1Cl)OC(C(=O)O)C2)NC1CC1. The molecular formula is C16H15Cl2NO4S. The lowest BCUT2D eigenvalue weighted by Gasteiger charge is -2.10. The van der Waals surface area contributed by atoms with Crippen molar-refractivity contribution in [1.82, 2.24) is 5.32 Å². The molecule has 1 heterocycles. The van der Waals surface area contributed by atoms with Gasteiger partial charge in [-0.15, -0.1) is 11.8 Å². The summed E-state index contributed by atoms with van der Waals surface area (Å²) in [6, 6.07) is 2.00. The van der Waals surface area contributed by atoms with Crippen molar-refractivity contribution < 1.29 is 19.4 Å². The second kappa shape index (κ2) is 6.86. The van der Waals surface area contributed by atoms with Crippen molar-refractivity contribution in [2.75, 3.05) is 6.26 Å². The summed E-state index contributed by atoms with van der Waals surface area (Å²) in [5.74, 6) is -1.11. The summed E-state index contributed by atoms with van der Waals surface area (Å²) in [5, 5.41) is 13.3. The van der Waals surface area contributed by atoms with E-state index in [0.29, 0.717) is 11.6 Å². The van der Waals surface area contributed by atoms with Crippen molar-refractivity contribution in [3.05, 3.63) is 38.3 Å². The van der Waals surface area contributed by atoms with Crippen LogP contribution in [0.25, 0.3) is 0 Å². The van der Waals surface area contributed by atoms with Crippen molar-refractivity contribution >= 4 is 46.7 Å². The highest BCUT2D eigenvalue weighted by molar-refractivity contribution is 8.02. The first-order valence-electron chi connectivity index (χ1n) is 7.37. The summed E-state index contributed by atoms with van der Waals surface area (Å²) in [7, 11) is 0. The van der Waals surface area contributed by atoms with E-state index >= 15 is 0 Å². The molecule has 0 saturated heterocycles. The van der Waals surface area contributed by atoms with Gasteiger partial charge in [-0.05, 0) is 25.2 Å². The van der Waals surface area contributed by atoms with Crippen LogP contribution >= 0.6 is 35.0 Å². The lowest BCUT2D eigenvalue weighted by Crippen LogP contribution is -2.24. The van der Waals surface area contributed by atoms with E-state index < -0.39 is 12.1 Å². The lowest BCUT2D eigenvalue weighted by molar-refractivity contribution is -0.144. The number of rotatable bonds is 6. The molecule has 1 aliphatic heterocycles. The number of hydrogen-bond acceptors (Lipinski definition) is 5. The van der Waals surface area contributed by atoms with Crippen molar-refractivity contribution in [3.63, 3.8) is 0 Å². The van der Waals surface area contributed by atoms with Gasteiger partial charge >= 0.3 is 5.97 Å². The van der Waals surface area contributed by atoms with Gasteiger partial charge in [-0.3, -0.25) is 4.79 Å². The zero-order chi connectivity index (χ0) is 17.4. The van der Waals surface area contributed by atoms with E-state index in [1.165, 1.54) is 17.8 Å². The highest BCUT2D eigenvalue weighted by Crippen LogP contribution is 2.42. The van der Waals surface area contributed by atoms with E-state index in [0.717, 1.165) is 17.9 Å². The number of aliphatic carboxylic acids is 1. The number of benzene rings is 1. The van der Waals surface area contributed by atoms with Crippen LogP contribution in [0.4, 0.5) is 0 Å². The van der Waals surface area contributed by atoms with Crippen LogP contribution in [0.3, 0.4) is 0 Å². The quantitative estimate of drug-likeness (QED) is 0.574. The van der Waals surface area contributed by atoms with E-state index in [4.69, 9.17) is 33.0 Å². The molecule has 128 valence electrons. The van der Waals surface area contributed by atoms with Crippen LogP contribution in [-0.2, 0) is 11.2 Å². The Balaban J connectivity index is 1.90. The lowest BCUT2D eigenvalue weighted by atomic mass is 10.0. The fourth-order valence-electron chi connectivity index (χ4n) is 2.43. The minimum atomic E-state index is -1.08. The van der Waals surface area contributed by atoms with Gasteiger partial charge in [0.1, 0.15) is 10.8 Å². The van der Waals surface area contributed by atoms with E-state index in [9.17, 15) is 9.59 Å². The molecule has 1 unspecified atom stereocenters. The van der Waals surface area contributed by atoms with Crippen molar-refractivity contribution in [2.24, 2.45) is 0 Å². The number of ether oxygens (including phenoxy) is 1. The Morgan fingerprint density at radius 1 is 1.38 bits per heavy atom.